The van der Waals surface area contributed by atoms with Crippen molar-refractivity contribution in [3.8, 4) is 0 Å². The number of hydroxylamine groups is 1. The van der Waals surface area contributed by atoms with Crippen LogP contribution in [0.3, 0.4) is 0 Å². The van der Waals surface area contributed by atoms with E-state index in [4.69, 9.17) is 4.84 Å². The van der Waals surface area contributed by atoms with E-state index < -0.39 is 0 Å². The first-order valence-corrected chi connectivity index (χ1v) is 6.50. The number of carbonyl (C=O) groups is 1. The van der Waals surface area contributed by atoms with Crippen molar-refractivity contribution in [3.63, 3.8) is 0 Å². The van der Waals surface area contributed by atoms with E-state index in [-0.39, 0.29) is 5.91 Å². The zero-order valence-electron chi connectivity index (χ0n) is 9.44. The van der Waals surface area contributed by atoms with E-state index in [9.17, 15) is 4.79 Å². The standard InChI is InChI=1S/C12H17NO2S/c1-2-15-13-12(14)10-16-9-8-11-6-4-3-5-7-11/h3-7H,2,8-10H2,1H3,(H,13,14). The lowest BCUT2D eigenvalue weighted by molar-refractivity contribution is -0.130. The summed E-state index contributed by atoms with van der Waals surface area (Å²) in [5.74, 6) is 1.33. The predicted molar refractivity (Wildman–Crippen MR) is 67.2 cm³/mol. The van der Waals surface area contributed by atoms with Crippen molar-refractivity contribution in [2.24, 2.45) is 0 Å². The van der Waals surface area contributed by atoms with E-state index in [1.54, 1.807) is 11.8 Å². The van der Waals surface area contributed by atoms with Crippen molar-refractivity contribution in [1.29, 1.82) is 0 Å². The van der Waals surface area contributed by atoms with E-state index in [0.717, 1.165) is 12.2 Å². The Bertz CT molecular complexity index is 303. The number of nitrogens with one attached hydrogen (secondary N) is 1. The van der Waals surface area contributed by atoms with Gasteiger partial charge >= 0.3 is 0 Å². The topological polar surface area (TPSA) is 38.3 Å². The van der Waals surface area contributed by atoms with Gasteiger partial charge in [0.25, 0.3) is 5.91 Å². The lowest BCUT2D eigenvalue weighted by Gasteiger charge is -2.03. The number of carbonyl (C=O) groups excluding carboxylic acids is 1. The van der Waals surface area contributed by atoms with Gasteiger partial charge in [-0.2, -0.15) is 11.8 Å². The van der Waals surface area contributed by atoms with Crippen LogP contribution in [-0.2, 0) is 16.1 Å². The molecule has 0 aliphatic carbocycles. The molecule has 0 aliphatic heterocycles. The largest absolute Gasteiger partial charge is 0.274 e. The Balaban J connectivity index is 2.06. The van der Waals surface area contributed by atoms with Crippen LogP contribution in [-0.4, -0.2) is 24.0 Å². The molecule has 16 heavy (non-hydrogen) atoms. The molecule has 1 aromatic carbocycles. The Morgan fingerprint density at radius 1 is 1.38 bits per heavy atom. The molecule has 0 saturated heterocycles. The molecule has 0 aromatic heterocycles. The molecule has 0 saturated carbocycles. The fraction of sp³-hybridized carbons (Fsp3) is 0.417. The molecule has 0 heterocycles. The third kappa shape index (κ3) is 5.78. The quantitative estimate of drug-likeness (QED) is 0.584. The van der Waals surface area contributed by atoms with Crippen LogP contribution in [0, 0.1) is 0 Å². The summed E-state index contributed by atoms with van der Waals surface area (Å²) in [7, 11) is 0. The summed E-state index contributed by atoms with van der Waals surface area (Å²) in [6, 6.07) is 10.3. The molecule has 3 nitrogen and oxygen atoms in total. The Morgan fingerprint density at radius 2 is 2.12 bits per heavy atom. The summed E-state index contributed by atoms with van der Waals surface area (Å²) < 4.78 is 0. The van der Waals surface area contributed by atoms with Gasteiger partial charge in [-0.3, -0.25) is 9.63 Å². The van der Waals surface area contributed by atoms with Gasteiger partial charge in [0, 0.05) is 0 Å². The molecule has 1 rings (SSSR count). The number of hydrogen-bond donors (Lipinski definition) is 1. The second-order valence-electron chi connectivity index (χ2n) is 3.25. The minimum Gasteiger partial charge on any atom is -0.274 e. The molecule has 1 aromatic rings. The molecule has 1 amide bonds. The lowest BCUT2D eigenvalue weighted by Crippen LogP contribution is -2.25. The Hall–Kier alpha value is -1.00. The summed E-state index contributed by atoms with van der Waals surface area (Å²) >= 11 is 1.61. The molecule has 0 fully saturated rings. The molecule has 88 valence electrons. The molecule has 0 atom stereocenters. The van der Waals surface area contributed by atoms with Gasteiger partial charge in [0.15, 0.2) is 0 Å². The lowest BCUT2D eigenvalue weighted by atomic mass is 10.2. The van der Waals surface area contributed by atoms with Crippen LogP contribution < -0.4 is 5.48 Å². The van der Waals surface area contributed by atoms with Gasteiger partial charge in [0.1, 0.15) is 0 Å². The molecule has 1 N–H and O–H groups in total. The van der Waals surface area contributed by atoms with E-state index in [0.29, 0.717) is 12.4 Å². The maximum absolute atomic E-state index is 11.2. The number of rotatable bonds is 7. The van der Waals surface area contributed by atoms with Crippen molar-refractivity contribution in [2.45, 2.75) is 13.3 Å². The zero-order chi connectivity index (χ0) is 11.6. The van der Waals surface area contributed by atoms with Crippen LogP contribution in [0.2, 0.25) is 0 Å². The monoisotopic (exact) mass is 239 g/mol. The first-order chi connectivity index (χ1) is 7.83. The van der Waals surface area contributed by atoms with Gasteiger partial charge in [0.2, 0.25) is 0 Å². The number of hydrogen-bond acceptors (Lipinski definition) is 3. The van der Waals surface area contributed by atoms with E-state index in [2.05, 4.69) is 17.6 Å². The Labute approximate surface area is 101 Å². The molecule has 0 bridgehead atoms. The third-order valence-electron chi connectivity index (χ3n) is 1.94. The number of aryl methyl sites for hydroxylation is 1. The third-order valence-corrected chi connectivity index (χ3v) is 2.90. The second-order valence-corrected chi connectivity index (χ2v) is 4.35. The summed E-state index contributed by atoms with van der Waals surface area (Å²) in [5, 5.41) is 0. The number of benzene rings is 1. The molecular weight excluding hydrogens is 222 g/mol. The average molecular weight is 239 g/mol. The van der Waals surface area contributed by atoms with Crippen LogP contribution in [0.1, 0.15) is 12.5 Å². The molecule has 0 spiro atoms. The van der Waals surface area contributed by atoms with Crippen LogP contribution in [0.15, 0.2) is 30.3 Å². The smallest absolute Gasteiger partial charge is 0.253 e. The highest BCUT2D eigenvalue weighted by molar-refractivity contribution is 7.99. The van der Waals surface area contributed by atoms with Gasteiger partial charge in [-0.05, 0) is 24.7 Å². The van der Waals surface area contributed by atoms with Crippen molar-refractivity contribution >= 4 is 17.7 Å². The first-order valence-electron chi connectivity index (χ1n) is 5.35. The van der Waals surface area contributed by atoms with Crippen LogP contribution >= 0.6 is 11.8 Å². The first kappa shape index (κ1) is 13.1. The van der Waals surface area contributed by atoms with Crippen molar-refractivity contribution in [1.82, 2.24) is 5.48 Å². The number of amides is 1. The SMILES string of the molecule is CCONC(=O)CSCCc1ccccc1. The minimum absolute atomic E-state index is 0.0695. The van der Waals surface area contributed by atoms with Crippen LogP contribution in [0.4, 0.5) is 0 Å². The van der Waals surface area contributed by atoms with Gasteiger partial charge in [-0.1, -0.05) is 30.3 Å². The normalized spacial score (nSPS) is 10.1. The van der Waals surface area contributed by atoms with Gasteiger partial charge in [0.05, 0.1) is 12.4 Å². The highest BCUT2D eigenvalue weighted by Gasteiger charge is 2.00. The van der Waals surface area contributed by atoms with Crippen LogP contribution in [0.25, 0.3) is 0 Å². The summed E-state index contributed by atoms with van der Waals surface area (Å²) in [4.78, 5) is 16.0. The van der Waals surface area contributed by atoms with Crippen LogP contribution in [0.5, 0.6) is 0 Å². The summed E-state index contributed by atoms with van der Waals surface area (Å²) in [5.41, 5.74) is 3.68. The fourth-order valence-electron chi connectivity index (χ4n) is 1.18. The molecule has 0 unspecified atom stereocenters. The van der Waals surface area contributed by atoms with Crippen molar-refractivity contribution < 1.29 is 9.63 Å². The highest BCUT2D eigenvalue weighted by Crippen LogP contribution is 2.06. The Kier molecular flexibility index (Phi) is 6.69. The molecule has 0 aliphatic rings. The summed E-state index contributed by atoms with van der Waals surface area (Å²) in [6.45, 7) is 2.34. The second kappa shape index (κ2) is 8.19. The zero-order valence-corrected chi connectivity index (χ0v) is 10.3. The van der Waals surface area contributed by atoms with Crippen molar-refractivity contribution in [2.75, 3.05) is 18.1 Å². The molecule has 4 heteroatoms. The van der Waals surface area contributed by atoms with Gasteiger partial charge < -0.3 is 0 Å². The Morgan fingerprint density at radius 3 is 2.81 bits per heavy atom. The minimum atomic E-state index is -0.0695. The predicted octanol–water partition coefficient (Wildman–Crippen LogP) is 2.03. The number of thioether (sulfide) groups is 1. The average Bonchev–Trinajstić information content (AvgIpc) is 2.33. The van der Waals surface area contributed by atoms with E-state index in [1.807, 2.05) is 25.1 Å². The van der Waals surface area contributed by atoms with Gasteiger partial charge in [-0.15, -0.1) is 0 Å². The maximum atomic E-state index is 11.2. The maximum Gasteiger partial charge on any atom is 0.253 e. The fourth-order valence-corrected chi connectivity index (χ4v) is 1.95. The van der Waals surface area contributed by atoms with E-state index in [1.165, 1.54) is 5.56 Å². The summed E-state index contributed by atoms with van der Waals surface area (Å²) in [6.07, 6.45) is 0.993. The highest BCUT2D eigenvalue weighted by atomic mass is 32.2. The van der Waals surface area contributed by atoms with E-state index >= 15 is 0 Å². The molecular formula is C12H17NO2S. The van der Waals surface area contributed by atoms with Gasteiger partial charge in [-0.25, -0.2) is 5.48 Å². The van der Waals surface area contributed by atoms with Crippen molar-refractivity contribution in [3.05, 3.63) is 35.9 Å². The molecule has 0 radical (unpaired) electrons.